The van der Waals surface area contributed by atoms with Crippen molar-refractivity contribution in [1.82, 2.24) is 25.5 Å². The number of fused-ring (bicyclic) bond motifs is 1. The minimum atomic E-state index is -0.275. The summed E-state index contributed by atoms with van der Waals surface area (Å²) < 4.78 is 6.15. The molecule has 0 fully saturated rings. The van der Waals surface area contributed by atoms with Crippen LogP contribution in [0.2, 0.25) is 0 Å². The van der Waals surface area contributed by atoms with E-state index in [0.29, 0.717) is 22.8 Å². The average Bonchev–Trinajstić information content (AvgIpc) is 3.35. The zero-order valence-corrected chi connectivity index (χ0v) is 18.4. The molecule has 8 heteroatoms. The lowest BCUT2D eigenvalue weighted by Gasteiger charge is -2.15. The van der Waals surface area contributed by atoms with Crippen LogP contribution in [-0.2, 0) is 0 Å². The van der Waals surface area contributed by atoms with Crippen molar-refractivity contribution in [3.63, 3.8) is 0 Å². The number of nitrogens with zero attached hydrogens (tertiary/aromatic N) is 3. The molecule has 0 aliphatic rings. The molecule has 2 amide bonds. The van der Waals surface area contributed by atoms with E-state index in [2.05, 4.69) is 30.8 Å². The van der Waals surface area contributed by atoms with Crippen LogP contribution in [0, 0.1) is 0 Å². The summed E-state index contributed by atoms with van der Waals surface area (Å²) in [6.45, 7) is 1.94. The van der Waals surface area contributed by atoms with Crippen LogP contribution in [0.25, 0.3) is 22.3 Å². The fourth-order valence-corrected chi connectivity index (χ4v) is 3.65. The Balaban J connectivity index is 1.28. The average molecular weight is 451 g/mol. The molecule has 5 rings (SSSR count). The molecule has 0 spiro atoms. The number of carbonyl (C=O) groups is 1. The third kappa shape index (κ3) is 4.56. The molecule has 3 N–H and O–H groups in total. The Kier molecular flexibility index (Phi) is 5.85. The van der Waals surface area contributed by atoms with Gasteiger partial charge in [-0.3, -0.25) is 5.10 Å². The first-order valence-corrected chi connectivity index (χ1v) is 10.8. The van der Waals surface area contributed by atoms with Gasteiger partial charge in [0.2, 0.25) is 0 Å². The highest BCUT2D eigenvalue weighted by atomic mass is 16.5. The number of ether oxygens (including phenoxy) is 1. The van der Waals surface area contributed by atoms with E-state index in [4.69, 9.17) is 4.74 Å². The first-order valence-electron chi connectivity index (χ1n) is 10.8. The van der Waals surface area contributed by atoms with E-state index < -0.39 is 0 Å². The van der Waals surface area contributed by atoms with E-state index in [1.807, 2.05) is 61.5 Å². The lowest BCUT2D eigenvalue weighted by atomic mass is 10.1. The summed E-state index contributed by atoms with van der Waals surface area (Å²) in [5.74, 6) is 1.28. The first-order chi connectivity index (χ1) is 16.7. The number of rotatable bonds is 6. The number of nitrogens with one attached hydrogen (secondary N) is 3. The molecule has 168 valence electrons. The van der Waals surface area contributed by atoms with Gasteiger partial charge in [0.15, 0.2) is 5.65 Å². The molecule has 2 heterocycles. The van der Waals surface area contributed by atoms with Gasteiger partial charge in [0.25, 0.3) is 0 Å². The number of para-hydroxylation sites is 1. The van der Waals surface area contributed by atoms with Crippen LogP contribution in [0.15, 0.2) is 91.4 Å². The number of aromatic nitrogens is 4. The van der Waals surface area contributed by atoms with Crippen LogP contribution < -0.4 is 15.4 Å². The van der Waals surface area contributed by atoms with Crippen LogP contribution in [0.5, 0.6) is 11.5 Å². The lowest BCUT2D eigenvalue weighted by molar-refractivity contribution is 0.249. The second kappa shape index (κ2) is 9.41. The molecular weight excluding hydrogens is 428 g/mol. The van der Waals surface area contributed by atoms with Gasteiger partial charge in [-0.15, -0.1) is 0 Å². The normalized spacial score (nSPS) is 11.7. The number of urea groups is 1. The van der Waals surface area contributed by atoms with Crippen LogP contribution in [-0.4, -0.2) is 26.2 Å². The van der Waals surface area contributed by atoms with Gasteiger partial charge in [-0.25, -0.2) is 14.8 Å². The maximum atomic E-state index is 12.4. The number of anilines is 1. The molecule has 8 nitrogen and oxygen atoms in total. The van der Waals surface area contributed by atoms with Crippen LogP contribution in [0.4, 0.5) is 10.5 Å². The molecule has 0 unspecified atom stereocenters. The molecule has 1 atom stereocenters. The summed E-state index contributed by atoms with van der Waals surface area (Å²) in [6, 6.07) is 24.3. The summed E-state index contributed by atoms with van der Waals surface area (Å²) in [6.07, 6.45) is 3.20. The van der Waals surface area contributed by atoms with Crippen molar-refractivity contribution >= 4 is 22.8 Å². The van der Waals surface area contributed by atoms with Crippen molar-refractivity contribution in [3.8, 4) is 22.8 Å². The number of H-pyrrole nitrogens is 1. The highest BCUT2D eigenvalue weighted by Crippen LogP contribution is 2.35. The summed E-state index contributed by atoms with van der Waals surface area (Å²) in [7, 11) is 0. The smallest absolute Gasteiger partial charge is 0.319 e. The quantitative estimate of drug-likeness (QED) is 0.308. The van der Waals surface area contributed by atoms with Gasteiger partial charge < -0.3 is 15.4 Å². The summed E-state index contributed by atoms with van der Waals surface area (Å²) in [5, 5.41) is 13.5. The minimum absolute atomic E-state index is 0.108. The number of benzene rings is 3. The van der Waals surface area contributed by atoms with E-state index in [9.17, 15) is 4.79 Å². The van der Waals surface area contributed by atoms with E-state index in [1.165, 1.54) is 6.33 Å². The van der Waals surface area contributed by atoms with Crippen molar-refractivity contribution in [2.75, 3.05) is 5.32 Å². The number of hydrogen-bond donors (Lipinski definition) is 3. The number of amides is 2. The van der Waals surface area contributed by atoms with E-state index in [0.717, 1.165) is 22.2 Å². The van der Waals surface area contributed by atoms with Crippen LogP contribution in [0.1, 0.15) is 18.5 Å². The first kappa shape index (κ1) is 21.1. The standard InChI is InChI=1S/C26H22N6O2/c1-17(18-7-3-2-4-8-18)30-26(33)31-19-11-13-20(14-12-19)34-23-10-6-5-9-21(23)24-22-15-29-32-25(22)28-16-27-24/h2-17H,1H3,(H2,30,31,33)(H,27,28,29,32)/t17-/m1/s1. The van der Waals surface area contributed by atoms with Crippen molar-refractivity contribution < 1.29 is 9.53 Å². The van der Waals surface area contributed by atoms with Crippen molar-refractivity contribution in [2.45, 2.75) is 13.0 Å². The van der Waals surface area contributed by atoms with E-state index >= 15 is 0 Å². The SMILES string of the molecule is C[C@@H](NC(=O)Nc1ccc(Oc2ccccc2-c2ncnc3[nH]ncc23)cc1)c1ccccc1. The van der Waals surface area contributed by atoms with Gasteiger partial charge in [-0.05, 0) is 48.9 Å². The Bertz CT molecular complexity index is 1420. The Morgan fingerprint density at radius 3 is 2.53 bits per heavy atom. The summed E-state index contributed by atoms with van der Waals surface area (Å²) in [5.41, 5.74) is 3.92. The highest BCUT2D eigenvalue weighted by Gasteiger charge is 2.14. The predicted molar refractivity (Wildman–Crippen MR) is 131 cm³/mol. The number of aromatic amines is 1. The molecule has 0 aliphatic heterocycles. The summed E-state index contributed by atoms with van der Waals surface area (Å²) in [4.78, 5) is 21.0. The third-order valence-electron chi connectivity index (χ3n) is 5.38. The fraction of sp³-hybridized carbons (Fsp3) is 0.0769. The zero-order chi connectivity index (χ0) is 23.3. The molecule has 0 aliphatic carbocycles. The van der Waals surface area contributed by atoms with E-state index in [1.54, 1.807) is 30.5 Å². The Labute approximate surface area is 196 Å². The van der Waals surface area contributed by atoms with Crippen molar-refractivity contribution in [2.24, 2.45) is 0 Å². The maximum Gasteiger partial charge on any atom is 0.319 e. The maximum absolute atomic E-state index is 12.4. The largest absolute Gasteiger partial charge is 0.457 e. The van der Waals surface area contributed by atoms with Gasteiger partial charge >= 0.3 is 6.03 Å². The number of hydrogen-bond acceptors (Lipinski definition) is 5. The Hall–Kier alpha value is -4.72. The predicted octanol–water partition coefficient (Wildman–Crippen LogP) is 5.69. The molecule has 0 radical (unpaired) electrons. The van der Waals surface area contributed by atoms with Gasteiger partial charge in [0.1, 0.15) is 17.8 Å². The molecule has 2 aromatic heterocycles. The second-order valence-corrected chi connectivity index (χ2v) is 7.71. The second-order valence-electron chi connectivity index (χ2n) is 7.71. The Morgan fingerprint density at radius 2 is 1.71 bits per heavy atom. The monoisotopic (exact) mass is 450 g/mol. The molecule has 0 bridgehead atoms. The molecule has 3 aromatic carbocycles. The minimum Gasteiger partial charge on any atom is -0.457 e. The van der Waals surface area contributed by atoms with Gasteiger partial charge in [-0.1, -0.05) is 42.5 Å². The number of carbonyl (C=O) groups excluding carboxylic acids is 1. The molecular formula is C26H22N6O2. The topological polar surface area (TPSA) is 105 Å². The molecule has 5 aromatic rings. The van der Waals surface area contributed by atoms with Gasteiger partial charge in [0, 0.05) is 11.3 Å². The zero-order valence-electron chi connectivity index (χ0n) is 18.4. The highest BCUT2D eigenvalue weighted by molar-refractivity contribution is 5.91. The summed E-state index contributed by atoms with van der Waals surface area (Å²) >= 11 is 0. The van der Waals surface area contributed by atoms with Crippen LogP contribution in [0.3, 0.4) is 0 Å². The fourth-order valence-electron chi connectivity index (χ4n) is 3.65. The molecule has 0 saturated carbocycles. The van der Waals surface area contributed by atoms with E-state index in [-0.39, 0.29) is 12.1 Å². The van der Waals surface area contributed by atoms with Gasteiger partial charge in [0.05, 0.1) is 23.3 Å². The van der Waals surface area contributed by atoms with Crippen LogP contribution >= 0.6 is 0 Å². The van der Waals surface area contributed by atoms with Gasteiger partial charge in [-0.2, -0.15) is 5.10 Å². The Morgan fingerprint density at radius 1 is 0.941 bits per heavy atom. The molecule has 34 heavy (non-hydrogen) atoms. The molecule has 0 saturated heterocycles. The lowest BCUT2D eigenvalue weighted by Crippen LogP contribution is -2.31. The van der Waals surface area contributed by atoms with Crippen molar-refractivity contribution in [3.05, 3.63) is 97.0 Å². The van der Waals surface area contributed by atoms with Crippen molar-refractivity contribution in [1.29, 1.82) is 0 Å². The third-order valence-corrected chi connectivity index (χ3v) is 5.38.